The highest BCUT2D eigenvalue weighted by Gasteiger charge is 2.23. The van der Waals surface area contributed by atoms with Gasteiger partial charge < -0.3 is 9.64 Å². The molecule has 3 aromatic rings. The predicted molar refractivity (Wildman–Crippen MR) is 116 cm³/mol. The number of amides is 1. The van der Waals surface area contributed by atoms with Gasteiger partial charge in [-0.05, 0) is 63.2 Å². The SMILES string of the molecule is CCOc1ccc2nc(N(CC[NH+](CC)CC)C(=O)c3ccc(F)cc3)sc2c1. The van der Waals surface area contributed by atoms with Gasteiger partial charge in [0.1, 0.15) is 11.6 Å². The molecule has 29 heavy (non-hydrogen) atoms. The van der Waals surface area contributed by atoms with E-state index in [0.717, 1.165) is 35.6 Å². The summed E-state index contributed by atoms with van der Waals surface area (Å²) < 4.78 is 19.9. The molecule has 7 heteroatoms. The number of nitrogens with zero attached hydrogens (tertiary/aromatic N) is 2. The first-order chi connectivity index (χ1) is 14.0. The quantitative estimate of drug-likeness (QED) is 0.582. The fraction of sp³-hybridized carbons (Fsp3) is 0.364. The summed E-state index contributed by atoms with van der Waals surface area (Å²) in [7, 11) is 0. The van der Waals surface area contributed by atoms with Gasteiger partial charge in [0, 0.05) is 5.56 Å². The Bertz CT molecular complexity index is 954. The minimum absolute atomic E-state index is 0.166. The highest BCUT2D eigenvalue weighted by molar-refractivity contribution is 7.22. The molecule has 0 radical (unpaired) electrons. The molecule has 5 nitrogen and oxygen atoms in total. The second kappa shape index (κ2) is 9.80. The molecule has 0 fully saturated rings. The van der Waals surface area contributed by atoms with Gasteiger partial charge in [0.25, 0.3) is 5.91 Å². The number of likely N-dealkylation sites (N-methyl/N-ethyl adjacent to an activating group) is 1. The summed E-state index contributed by atoms with van der Waals surface area (Å²) in [5.74, 6) is 0.268. The number of fused-ring (bicyclic) bond motifs is 1. The summed E-state index contributed by atoms with van der Waals surface area (Å²) in [6, 6.07) is 11.4. The fourth-order valence-corrected chi connectivity index (χ4v) is 4.19. The molecule has 1 N–H and O–H groups in total. The lowest BCUT2D eigenvalue weighted by molar-refractivity contribution is -0.894. The van der Waals surface area contributed by atoms with Gasteiger partial charge in [-0.1, -0.05) is 11.3 Å². The number of hydrogen-bond donors (Lipinski definition) is 1. The van der Waals surface area contributed by atoms with E-state index in [4.69, 9.17) is 9.72 Å². The molecular formula is C22H27FN3O2S+. The van der Waals surface area contributed by atoms with Gasteiger partial charge in [0.2, 0.25) is 0 Å². The van der Waals surface area contributed by atoms with Crippen LogP contribution in [-0.2, 0) is 0 Å². The molecule has 2 aromatic carbocycles. The van der Waals surface area contributed by atoms with Crippen LogP contribution in [0.1, 0.15) is 31.1 Å². The maximum atomic E-state index is 13.3. The Morgan fingerprint density at radius 1 is 1.14 bits per heavy atom. The van der Waals surface area contributed by atoms with Crippen LogP contribution in [0.25, 0.3) is 10.2 Å². The summed E-state index contributed by atoms with van der Waals surface area (Å²) in [4.78, 5) is 21.0. The van der Waals surface area contributed by atoms with E-state index >= 15 is 0 Å². The van der Waals surface area contributed by atoms with Gasteiger partial charge >= 0.3 is 0 Å². The zero-order chi connectivity index (χ0) is 20.8. The Morgan fingerprint density at radius 2 is 1.86 bits per heavy atom. The van der Waals surface area contributed by atoms with E-state index in [-0.39, 0.29) is 11.7 Å². The topological polar surface area (TPSA) is 46.9 Å². The maximum absolute atomic E-state index is 13.3. The lowest BCUT2D eigenvalue weighted by atomic mass is 10.2. The Kier molecular flexibility index (Phi) is 7.17. The molecule has 0 spiro atoms. The van der Waals surface area contributed by atoms with Gasteiger partial charge in [-0.2, -0.15) is 0 Å². The number of nitrogens with one attached hydrogen (secondary N) is 1. The zero-order valence-electron chi connectivity index (χ0n) is 17.1. The first-order valence-electron chi connectivity index (χ1n) is 10.00. The summed E-state index contributed by atoms with van der Waals surface area (Å²) >= 11 is 1.47. The van der Waals surface area contributed by atoms with Crippen molar-refractivity contribution in [3.63, 3.8) is 0 Å². The molecule has 154 valence electrons. The standard InChI is InChI=1S/C22H26FN3O2S/c1-4-25(5-2)13-14-26(21(27)16-7-9-17(23)10-8-16)22-24-19-12-11-18(28-6-3)15-20(19)29-22/h7-12,15H,4-6,13-14H2,1-3H3/p+1. The van der Waals surface area contributed by atoms with E-state index in [9.17, 15) is 9.18 Å². The average molecular weight is 417 g/mol. The van der Waals surface area contributed by atoms with Crippen molar-refractivity contribution in [3.8, 4) is 5.75 Å². The zero-order valence-corrected chi connectivity index (χ0v) is 17.9. The summed E-state index contributed by atoms with van der Waals surface area (Å²) in [5.41, 5.74) is 1.29. The molecule has 1 heterocycles. The van der Waals surface area contributed by atoms with Crippen LogP contribution in [0.5, 0.6) is 5.75 Å². The Hall–Kier alpha value is -2.51. The summed E-state index contributed by atoms with van der Waals surface area (Å²) in [6.07, 6.45) is 0. The number of hydrogen-bond acceptors (Lipinski definition) is 4. The number of aromatic nitrogens is 1. The number of rotatable bonds is 9. The molecule has 0 aliphatic heterocycles. The van der Waals surface area contributed by atoms with Crippen LogP contribution in [0.15, 0.2) is 42.5 Å². The van der Waals surface area contributed by atoms with E-state index in [1.165, 1.54) is 40.5 Å². The van der Waals surface area contributed by atoms with Crippen LogP contribution in [0, 0.1) is 5.82 Å². The number of anilines is 1. The van der Waals surface area contributed by atoms with Gasteiger partial charge in [0.05, 0.1) is 43.0 Å². The van der Waals surface area contributed by atoms with E-state index < -0.39 is 0 Å². The van der Waals surface area contributed by atoms with Crippen LogP contribution in [-0.4, -0.2) is 43.7 Å². The molecule has 0 saturated heterocycles. The van der Waals surface area contributed by atoms with Crippen LogP contribution < -0.4 is 14.5 Å². The average Bonchev–Trinajstić information content (AvgIpc) is 3.14. The molecule has 1 amide bonds. The van der Waals surface area contributed by atoms with Crippen LogP contribution in [0.2, 0.25) is 0 Å². The third-order valence-corrected chi connectivity index (χ3v) is 5.96. The van der Waals surface area contributed by atoms with Crippen molar-refractivity contribution in [1.29, 1.82) is 0 Å². The minimum Gasteiger partial charge on any atom is -0.494 e. The highest BCUT2D eigenvalue weighted by Crippen LogP contribution is 2.32. The van der Waals surface area contributed by atoms with E-state index in [0.29, 0.717) is 23.8 Å². The molecule has 0 aliphatic rings. The number of carbonyl (C=O) groups is 1. The van der Waals surface area contributed by atoms with Gasteiger partial charge in [-0.15, -0.1) is 0 Å². The molecule has 1 aromatic heterocycles. The number of thiazole rings is 1. The van der Waals surface area contributed by atoms with E-state index in [1.54, 1.807) is 4.90 Å². The van der Waals surface area contributed by atoms with Gasteiger partial charge in [0.15, 0.2) is 5.13 Å². The first kappa shape index (κ1) is 21.2. The predicted octanol–water partition coefficient (Wildman–Crippen LogP) is 3.41. The maximum Gasteiger partial charge on any atom is 0.260 e. The number of carbonyl (C=O) groups excluding carboxylic acids is 1. The number of quaternary nitrogens is 1. The van der Waals surface area contributed by atoms with Crippen LogP contribution in [0.4, 0.5) is 9.52 Å². The second-order valence-corrected chi connectivity index (χ2v) is 7.74. The monoisotopic (exact) mass is 416 g/mol. The number of benzene rings is 2. The normalized spacial score (nSPS) is 11.2. The van der Waals surface area contributed by atoms with Crippen molar-refractivity contribution in [1.82, 2.24) is 4.98 Å². The lowest BCUT2D eigenvalue weighted by Crippen LogP contribution is -3.12. The van der Waals surface area contributed by atoms with Crippen molar-refractivity contribution < 1.29 is 18.8 Å². The fourth-order valence-electron chi connectivity index (χ4n) is 3.17. The smallest absolute Gasteiger partial charge is 0.260 e. The van der Waals surface area contributed by atoms with E-state index in [1.807, 2.05) is 25.1 Å². The summed E-state index contributed by atoms with van der Waals surface area (Å²) in [6.45, 7) is 10.2. The number of ether oxygens (including phenoxy) is 1. The van der Waals surface area contributed by atoms with Gasteiger partial charge in [-0.3, -0.25) is 9.69 Å². The minimum atomic E-state index is -0.357. The Morgan fingerprint density at radius 3 is 2.52 bits per heavy atom. The summed E-state index contributed by atoms with van der Waals surface area (Å²) in [5, 5.41) is 0.648. The molecular weight excluding hydrogens is 389 g/mol. The molecule has 0 saturated carbocycles. The lowest BCUT2D eigenvalue weighted by Gasteiger charge is -2.23. The molecule has 0 unspecified atom stereocenters. The van der Waals surface area contributed by atoms with E-state index in [2.05, 4.69) is 13.8 Å². The third-order valence-electron chi connectivity index (χ3n) is 4.92. The van der Waals surface area contributed by atoms with Gasteiger partial charge in [-0.25, -0.2) is 9.37 Å². The molecule has 0 atom stereocenters. The van der Waals surface area contributed by atoms with Crippen molar-refractivity contribution in [2.24, 2.45) is 0 Å². The van der Waals surface area contributed by atoms with Crippen molar-refractivity contribution in [2.45, 2.75) is 20.8 Å². The molecule has 3 rings (SSSR count). The Labute approximate surface area is 174 Å². The Balaban J connectivity index is 1.93. The third kappa shape index (κ3) is 5.10. The largest absolute Gasteiger partial charge is 0.494 e. The number of halogens is 1. The second-order valence-electron chi connectivity index (χ2n) is 6.73. The highest BCUT2D eigenvalue weighted by atomic mass is 32.1. The van der Waals surface area contributed by atoms with Crippen LogP contribution >= 0.6 is 11.3 Å². The molecule has 0 bridgehead atoms. The first-order valence-corrected chi connectivity index (χ1v) is 10.8. The van der Waals surface area contributed by atoms with Crippen molar-refractivity contribution in [2.75, 3.05) is 37.7 Å². The van der Waals surface area contributed by atoms with Crippen molar-refractivity contribution >= 4 is 32.6 Å². The van der Waals surface area contributed by atoms with Crippen LogP contribution in [0.3, 0.4) is 0 Å². The van der Waals surface area contributed by atoms with Crippen molar-refractivity contribution in [3.05, 3.63) is 53.8 Å². The molecule has 0 aliphatic carbocycles.